The Labute approximate surface area is 186 Å². The summed E-state index contributed by atoms with van der Waals surface area (Å²) in [4.78, 5) is 16.9. The van der Waals surface area contributed by atoms with E-state index in [1.165, 1.54) is 25.3 Å². The van der Waals surface area contributed by atoms with Gasteiger partial charge >= 0.3 is 6.18 Å². The van der Waals surface area contributed by atoms with Crippen molar-refractivity contribution >= 4 is 21.3 Å². The van der Waals surface area contributed by atoms with Crippen LogP contribution in [-0.2, 0) is 22.2 Å². The summed E-state index contributed by atoms with van der Waals surface area (Å²) in [6, 6.07) is 2.62. The zero-order valence-electron chi connectivity index (χ0n) is 18.0. The van der Waals surface area contributed by atoms with Crippen molar-refractivity contribution in [3.05, 3.63) is 35.3 Å². The zero-order valence-corrected chi connectivity index (χ0v) is 18.8. The number of hydrogen-bond donors (Lipinski definition) is 2. The van der Waals surface area contributed by atoms with Crippen LogP contribution in [0.25, 0.3) is 0 Å². The molecule has 180 valence electrons. The molecule has 1 amide bonds. The minimum atomic E-state index is -4.31. The van der Waals surface area contributed by atoms with Crippen LogP contribution in [0.5, 0.6) is 0 Å². The Hall–Kier alpha value is -2.57. The van der Waals surface area contributed by atoms with Crippen molar-refractivity contribution in [3.63, 3.8) is 0 Å². The third kappa shape index (κ3) is 3.89. The molecule has 33 heavy (non-hydrogen) atoms. The minimum Gasteiger partial charge on any atom is -0.321 e. The Morgan fingerprint density at radius 3 is 2.39 bits per heavy atom. The molecule has 2 aromatic rings. The smallest absolute Gasteiger partial charge is 0.321 e. The predicted molar refractivity (Wildman–Crippen MR) is 109 cm³/mol. The second-order valence-electron chi connectivity index (χ2n) is 9.36. The van der Waals surface area contributed by atoms with E-state index in [1.807, 2.05) is 0 Å². The number of amides is 1. The molecule has 0 aromatic carbocycles. The number of aromatic nitrogens is 3. The first-order valence-electron chi connectivity index (χ1n) is 10.0. The highest BCUT2D eigenvalue weighted by Gasteiger charge is 2.78. The van der Waals surface area contributed by atoms with E-state index in [1.54, 1.807) is 0 Å². The molecule has 0 aliphatic heterocycles. The summed E-state index contributed by atoms with van der Waals surface area (Å²) in [6.07, 6.45) is -2.27. The average Bonchev–Trinajstić information content (AvgIpc) is 2.91. The van der Waals surface area contributed by atoms with E-state index in [0.717, 1.165) is 10.9 Å². The van der Waals surface area contributed by atoms with E-state index in [4.69, 9.17) is 4.78 Å². The summed E-state index contributed by atoms with van der Waals surface area (Å²) in [6.45, 7) is 1.86. The monoisotopic (exact) mass is 491 g/mol. The Morgan fingerprint density at radius 1 is 1.27 bits per heavy atom. The molecule has 0 unspecified atom stereocenters. The number of pyridine rings is 1. The Morgan fingerprint density at radius 2 is 1.88 bits per heavy atom. The van der Waals surface area contributed by atoms with E-state index in [9.17, 15) is 31.0 Å². The molecule has 7 nitrogen and oxygen atoms in total. The molecule has 3 saturated carbocycles. The molecule has 5 rings (SSSR count). The van der Waals surface area contributed by atoms with Gasteiger partial charge in [-0.2, -0.15) is 27.1 Å². The maximum atomic E-state index is 14.1. The second kappa shape index (κ2) is 6.97. The summed E-state index contributed by atoms with van der Waals surface area (Å²) in [7, 11) is -3.16. The van der Waals surface area contributed by atoms with Gasteiger partial charge in [0, 0.05) is 37.2 Å². The number of nitrogens with zero attached hydrogens (tertiary/aromatic N) is 3. The summed E-state index contributed by atoms with van der Waals surface area (Å²) in [5.74, 6) is -4.16. The number of alkyl halides is 5. The van der Waals surface area contributed by atoms with Crippen LogP contribution >= 0.6 is 0 Å². The molecule has 3 aliphatic rings. The SMILES string of the molecule is Cc1c(C(C)(F)F)nn(CC23CC(C(F)(F)F)(C2)C3)c1C(=O)Nc1ccnc([S@@](C)(=N)=O)c1. The first kappa shape index (κ1) is 23.6. The molecule has 3 aliphatic carbocycles. The van der Waals surface area contributed by atoms with Crippen LogP contribution in [0.4, 0.5) is 27.6 Å². The van der Waals surface area contributed by atoms with Crippen LogP contribution in [0.15, 0.2) is 23.4 Å². The lowest BCUT2D eigenvalue weighted by Gasteiger charge is -2.70. The molecule has 0 saturated heterocycles. The lowest BCUT2D eigenvalue weighted by atomic mass is 9.35. The molecule has 3 fully saturated rings. The first-order chi connectivity index (χ1) is 15.0. The van der Waals surface area contributed by atoms with Gasteiger partial charge in [-0.1, -0.05) is 0 Å². The van der Waals surface area contributed by atoms with Crippen LogP contribution < -0.4 is 5.32 Å². The fourth-order valence-electron chi connectivity index (χ4n) is 5.05. The fraction of sp³-hybridized carbons (Fsp3) is 0.550. The number of carbonyl (C=O) groups is 1. The van der Waals surface area contributed by atoms with Crippen molar-refractivity contribution < 1.29 is 31.0 Å². The third-order valence-electron chi connectivity index (χ3n) is 6.44. The number of halogens is 5. The topological polar surface area (TPSA) is 101 Å². The molecule has 2 aromatic heterocycles. The summed E-state index contributed by atoms with van der Waals surface area (Å²) >= 11 is 0. The molecule has 13 heteroatoms. The first-order valence-corrected chi connectivity index (χ1v) is 12.0. The molecule has 1 atom stereocenters. The summed E-state index contributed by atoms with van der Waals surface area (Å²) in [5, 5.41) is 6.35. The van der Waals surface area contributed by atoms with Crippen LogP contribution in [0.3, 0.4) is 0 Å². The minimum absolute atomic E-state index is 0.0716. The highest BCUT2D eigenvalue weighted by atomic mass is 32.2. The third-order valence-corrected chi connectivity index (χ3v) is 7.46. The molecular formula is C20H22F5N5O2S. The van der Waals surface area contributed by atoms with Gasteiger partial charge in [0.2, 0.25) is 0 Å². The van der Waals surface area contributed by atoms with Crippen molar-refractivity contribution in [1.82, 2.24) is 14.8 Å². The predicted octanol–water partition coefficient (Wildman–Crippen LogP) is 4.72. The Bertz CT molecular complexity index is 1230. The van der Waals surface area contributed by atoms with Crippen LogP contribution in [-0.4, -0.2) is 37.3 Å². The van der Waals surface area contributed by atoms with Crippen molar-refractivity contribution in [2.75, 3.05) is 11.6 Å². The van der Waals surface area contributed by atoms with Gasteiger partial charge < -0.3 is 5.32 Å². The van der Waals surface area contributed by atoms with Crippen molar-refractivity contribution in [2.24, 2.45) is 10.8 Å². The maximum Gasteiger partial charge on any atom is 0.394 e. The Balaban J connectivity index is 1.64. The largest absolute Gasteiger partial charge is 0.394 e. The summed E-state index contributed by atoms with van der Waals surface area (Å²) in [5.41, 5.74) is -3.18. The quantitative estimate of drug-likeness (QED) is 0.571. The van der Waals surface area contributed by atoms with Crippen molar-refractivity contribution in [3.8, 4) is 0 Å². The van der Waals surface area contributed by atoms with Crippen LogP contribution in [0, 0.1) is 22.5 Å². The van der Waals surface area contributed by atoms with Crippen LogP contribution in [0.1, 0.15) is 47.9 Å². The number of hydrogen-bond acceptors (Lipinski definition) is 5. The molecule has 2 heterocycles. The second-order valence-corrected chi connectivity index (χ2v) is 11.5. The fourth-order valence-corrected chi connectivity index (χ4v) is 5.66. The standard InChI is InChI=1S/C20H22F5N5O2S/c1-11-14(16(31)28-12-4-5-27-13(6-12)33(3,26)32)30(29-15(11)17(2,21)22)10-18-7-19(8-18,9-18)20(23,24)25/h4-6,26H,7-10H2,1-3H3,(H,27,28,31)/t18?,19?,33-/m0/s1. The van der Waals surface area contributed by atoms with Gasteiger partial charge in [0.05, 0.1) is 15.1 Å². The Kier molecular flexibility index (Phi) is 4.98. The van der Waals surface area contributed by atoms with Gasteiger partial charge in [0.1, 0.15) is 16.4 Å². The molecular weight excluding hydrogens is 469 g/mol. The van der Waals surface area contributed by atoms with Gasteiger partial charge in [0.15, 0.2) is 0 Å². The van der Waals surface area contributed by atoms with E-state index in [2.05, 4.69) is 15.4 Å². The normalized spacial score (nSPS) is 26.2. The molecule has 2 N–H and O–H groups in total. The molecule has 0 spiro atoms. The molecule has 0 radical (unpaired) electrons. The lowest BCUT2D eigenvalue weighted by molar-refractivity contribution is -0.366. The van der Waals surface area contributed by atoms with Crippen molar-refractivity contribution in [2.45, 2.75) is 56.8 Å². The van der Waals surface area contributed by atoms with Gasteiger partial charge in [-0.25, -0.2) is 14.0 Å². The van der Waals surface area contributed by atoms with E-state index in [-0.39, 0.29) is 47.8 Å². The number of nitrogens with one attached hydrogen (secondary N) is 2. The van der Waals surface area contributed by atoms with Crippen molar-refractivity contribution in [1.29, 1.82) is 4.78 Å². The number of carbonyl (C=O) groups excluding carboxylic acids is 1. The molecule has 2 bridgehead atoms. The van der Waals surface area contributed by atoms with E-state index < -0.39 is 44.3 Å². The van der Waals surface area contributed by atoms with Gasteiger partial charge in [-0.3, -0.25) is 9.48 Å². The zero-order chi connectivity index (χ0) is 24.6. The number of anilines is 1. The highest BCUT2D eigenvalue weighted by molar-refractivity contribution is 7.91. The average molecular weight is 491 g/mol. The van der Waals surface area contributed by atoms with Gasteiger partial charge in [-0.05, 0) is 43.7 Å². The van der Waals surface area contributed by atoms with Crippen LogP contribution in [0.2, 0.25) is 0 Å². The van der Waals surface area contributed by atoms with E-state index in [0.29, 0.717) is 6.92 Å². The maximum absolute atomic E-state index is 14.1. The van der Waals surface area contributed by atoms with Gasteiger partial charge in [0.25, 0.3) is 11.8 Å². The number of rotatable bonds is 6. The highest BCUT2D eigenvalue weighted by Crippen LogP contribution is 2.78. The van der Waals surface area contributed by atoms with Gasteiger partial charge in [-0.15, -0.1) is 0 Å². The lowest BCUT2D eigenvalue weighted by Crippen LogP contribution is -2.69. The van der Waals surface area contributed by atoms with E-state index >= 15 is 0 Å². The summed E-state index contributed by atoms with van der Waals surface area (Å²) < 4.78 is 88.5.